The number of ether oxygens (including phenoxy) is 1. The van der Waals surface area contributed by atoms with Crippen LogP contribution in [0.25, 0.3) is 0 Å². The maximum Gasteiger partial charge on any atom is 0.255 e. The first-order chi connectivity index (χ1) is 15.9. The van der Waals surface area contributed by atoms with E-state index >= 15 is 0 Å². The second-order valence-electron chi connectivity index (χ2n) is 8.30. The molecule has 1 spiro atoms. The van der Waals surface area contributed by atoms with Gasteiger partial charge in [0.05, 0.1) is 6.54 Å². The van der Waals surface area contributed by atoms with E-state index in [1.54, 1.807) is 59.6 Å². The summed E-state index contributed by atoms with van der Waals surface area (Å²) < 4.78 is 8.41. The molecule has 0 saturated carbocycles. The van der Waals surface area contributed by atoms with E-state index in [0.717, 1.165) is 5.82 Å². The third-order valence-electron chi connectivity index (χ3n) is 6.19. The molecule has 2 aliphatic rings. The molecule has 1 atom stereocenters. The molecule has 7 nitrogen and oxygen atoms in total. The number of anilines is 1. The number of carbonyl (C=O) groups is 2. The summed E-state index contributed by atoms with van der Waals surface area (Å²) >= 11 is 12.0. The molecule has 9 heteroatoms. The summed E-state index contributed by atoms with van der Waals surface area (Å²) in [4.78, 5) is 32.3. The number of fused-ring (bicyclic) bond motifs is 2. The van der Waals surface area contributed by atoms with Gasteiger partial charge in [-0.1, -0.05) is 29.3 Å². The van der Waals surface area contributed by atoms with Gasteiger partial charge >= 0.3 is 0 Å². The number of benzene rings is 2. The Morgan fingerprint density at radius 1 is 1.06 bits per heavy atom. The van der Waals surface area contributed by atoms with Crippen LogP contribution >= 0.6 is 23.2 Å². The molecule has 0 bridgehead atoms. The fourth-order valence-electron chi connectivity index (χ4n) is 4.51. The predicted octanol–water partition coefficient (Wildman–Crippen LogP) is 4.36. The number of rotatable bonds is 3. The third kappa shape index (κ3) is 4.36. The number of nitrogens with one attached hydrogen (secondary N) is 1. The molecule has 1 N–H and O–H groups in total. The van der Waals surface area contributed by atoms with Crippen molar-refractivity contribution in [3.63, 3.8) is 0 Å². The van der Waals surface area contributed by atoms with E-state index < -0.39 is 11.7 Å². The van der Waals surface area contributed by atoms with Gasteiger partial charge in [-0.2, -0.15) is 0 Å². The first-order valence-electron chi connectivity index (χ1n) is 10.7. The summed E-state index contributed by atoms with van der Waals surface area (Å²) in [5, 5.41) is 4.03. The molecule has 5 rings (SSSR count). The van der Waals surface area contributed by atoms with Crippen LogP contribution < -0.4 is 5.32 Å². The second kappa shape index (κ2) is 8.82. The summed E-state index contributed by atoms with van der Waals surface area (Å²) in [7, 11) is 0. The van der Waals surface area contributed by atoms with Crippen molar-refractivity contribution in [2.45, 2.75) is 31.1 Å². The maximum absolute atomic E-state index is 13.0. The summed E-state index contributed by atoms with van der Waals surface area (Å²) in [6, 6.07) is 13.9. The molecule has 1 aromatic heterocycles. The zero-order valence-corrected chi connectivity index (χ0v) is 19.2. The molecule has 170 valence electrons. The Bertz CT molecular complexity index is 1190. The number of aromatic nitrogens is 2. The SMILES string of the molecule is O=C(Nc1ccc(Cl)cc1)C1Cn2ccnc2C2(CCN(C(=O)c3cccc(Cl)c3)CC2)O1. The second-order valence-corrected chi connectivity index (χ2v) is 9.18. The van der Waals surface area contributed by atoms with Crippen molar-refractivity contribution in [3.05, 3.63) is 82.4 Å². The summed E-state index contributed by atoms with van der Waals surface area (Å²) in [6.45, 7) is 1.36. The Kier molecular flexibility index (Phi) is 5.86. The van der Waals surface area contributed by atoms with Crippen LogP contribution in [0.1, 0.15) is 29.0 Å². The van der Waals surface area contributed by atoms with Gasteiger partial charge in [0.15, 0.2) is 6.10 Å². The zero-order chi connectivity index (χ0) is 23.0. The average molecular weight is 485 g/mol. The molecule has 1 fully saturated rings. The van der Waals surface area contributed by atoms with E-state index in [1.807, 2.05) is 10.8 Å². The first-order valence-corrected chi connectivity index (χ1v) is 11.5. The van der Waals surface area contributed by atoms with E-state index in [2.05, 4.69) is 10.3 Å². The number of halogens is 2. The van der Waals surface area contributed by atoms with Gasteiger partial charge in [0.1, 0.15) is 11.4 Å². The van der Waals surface area contributed by atoms with Gasteiger partial charge in [-0.15, -0.1) is 0 Å². The van der Waals surface area contributed by atoms with Crippen LogP contribution in [0.15, 0.2) is 60.9 Å². The number of likely N-dealkylation sites (tertiary alicyclic amines) is 1. The van der Waals surface area contributed by atoms with E-state index in [0.29, 0.717) is 53.8 Å². The van der Waals surface area contributed by atoms with Crippen molar-refractivity contribution in [2.75, 3.05) is 18.4 Å². The lowest BCUT2D eigenvalue weighted by atomic mass is 9.88. The Hall–Kier alpha value is -2.87. The molecule has 33 heavy (non-hydrogen) atoms. The molecule has 0 radical (unpaired) electrons. The van der Waals surface area contributed by atoms with Gasteiger partial charge in [-0.3, -0.25) is 9.59 Å². The van der Waals surface area contributed by atoms with Gasteiger partial charge in [-0.25, -0.2) is 4.98 Å². The smallest absolute Gasteiger partial charge is 0.255 e. The summed E-state index contributed by atoms with van der Waals surface area (Å²) in [5.41, 5.74) is 0.486. The molecule has 0 aliphatic carbocycles. The Morgan fingerprint density at radius 2 is 1.82 bits per heavy atom. The highest BCUT2D eigenvalue weighted by molar-refractivity contribution is 6.31. The lowest BCUT2D eigenvalue weighted by Crippen LogP contribution is -2.54. The van der Waals surface area contributed by atoms with E-state index in [9.17, 15) is 9.59 Å². The molecule has 1 unspecified atom stereocenters. The Balaban J connectivity index is 1.32. The largest absolute Gasteiger partial charge is 0.352 e. The van der Waals surface area contributed by atoms with Crippen molar-refractivity contribution in [1.82, 2.24) is 14.5 Å². The minimum Gasteiger partial charge on any atom is -0.352 e. The minimum absolute atomic E-state index is 0.0662. The van der Waals surface area contributed by atoms with Crippen LogP contribution in [0, 0.1) is 0 Å². The fourth-order valence-corrected chi connectivity index (χ4v) is 4.82. The molecular formula is C24H22Cl2N4O3. The first kappa shape index (κ1) is 21.9. The summed E-state index contributed by atoms with van der Waals surface area (Å²) in [6.07, 6.45) is 3.99. The highest BCUT2D eigenvalue weighted by atomic mass is 35.5. The lowest BCUT2D eigenvalue weighted by Gasteiger charge is -2.45. The fraction of sp³-hybridized carbons (Fsp3) is 0.292. The van der Waals surface area contributed by atoms with Crippen molar-refractivity contribution in [1.29, 1.82) is 0 Å². The van der Waals surface area contributed by atoms with Gasteiger partial charge in [-0.05, 0) is 42.5 Å². The molecule has 2 aliphatic heterocycles. The molecule has 2 amide bonds. The van der Waals surface area contributed by atoms with Crippen LogP contribution in [0.5, 0.6) is 0 Å². The molecular weight excluding hydrogens is 463 g/mol. The Morgan fingerprint density at radius 3 is 2.55 bits per heavy atom. The number of carbonyl (C=O) groups excluding carboxylic acids is 2. The zero-order valence-electron chi connectivity index (χ0n) is 17.7. The highest BCUT2D eigenvalue weighted by Crippen LogP contribution is 2.40. The van der Waals surface area contributed by atoms with Crippen LogP contribution in [-0.4, -0.2) is 45.5 Å². The van der Waals surface area contributed by atoms with Gasteiger partial charge in [0.25, 0.3) is 11.8 Å². The van der Waals surface area contributed by atoms with E-state index in [4.69, 9.17) is 27.9 Å². The average Bonchev–Trinajstić information content (AvgIpc) is 3.30. The van der Waals surface area contributed by atoms with Gasteiger partial charge in [0, 0.05) is 59.6 Å². The van der Waals surface area contributed by atoms with Crippen molar-refractivity contribution in [2.24, 2.45) is 0 Å². The normalized spacial score (nSPS) is 19.2. The predicted molar refractivity (Wildman–Crippen MR) is 125 cm³/mol. The number of hydrogen-bond acceptors (Lipinski definition) is 4. The standard InChI is InChI=1S/C24H22Cl2N4O3/c25-17-4-6-19(7-5-17)28-21(31)20-15-30-13-10-27-23(30)24(33-20)8-11-29(12-9-24)22(32)16-2-1-3-18(26)14-16/h1-7,10,13-14,20H,8-9,11-12,15H2,(H,28,31). The van der Waals surface area contributed by atoms with Crippen LogP contribution in [0.3, 0.4) is 0 Å². The molecule has 3 heterocycles. The quantitative estimate of drug-likeness (QED) is 0.598. The number of hydrogen-bond donors (Lipinski definition) is 1. The Labute approximate surface area is 201 Å². The number of imidazole rings is 1. The van der Waals surface area contributed by atoms with Crippen LogP contribution in [-0.2, 0) is 21.7 Å². The van der Waals surface area contributed by atoms with Crippen molar-refractivity contribution in [3.8, 4) is 0 Å². The van der Waals surface area contributed by atoms with Crippen LogP contribution in [0.4, 0.5) is 5.69 Å². The topological polar surface area (TPSA) is 76.5 Å². The van der Waals surface area contributed by atoms with E-state index in [-0.39, 0.29) is 11.8 Å². The number of nitrogens with zero attached hydrogens (tertiary/aromatic N) is 3. The molecule has 3 aromatic rings. The molecule has 2 aromatic carbocycles. The van der Waals surface area contributed by atoms with Crippen molar-refractivity contribution >= 4 is 40.7 Å². The van der Waals surface area contributed by atoms with Crippen molar-refractivity contribution < 1.29 is 14.3 Å². The van der Waals surface area contributed by atoms with Crippen LogP contribution in [0.2, 0.25) is 10.0 Å². The van der Waals surface area contributed by atoms with Gasteiger partial charge < -0.3 is 19.5 Å². The highest BCUT2D eigenvalue weighted by Gasteiger charge is 2.47. The minimum atomic E-state index is -0.727. The summed E-state index contributed by atoms with van der Waals surface area (Å²) in [5.74, 6) is 0.505. The number of piperidine rings is 1. The molecule has 1 saturated heterocycles. The number of amides is 2. The maximum atomic E-state index is 13.0. The van der Waals surface area contributed by atoms with Gasteiger partial charge in [0.2, 0.25) is 0 Å². The van der Waals surface area contributed by atoms with E-state index in [1.165, 1.54) is 0 Å². The third-order valence-corrected chi connectivity index (χ3v) is 6.67. The lowest BCUT2D eigenvalue weighted by molar-refractivity contribution is -0.168. The monoisotopic (exact) mass is 484 g/mol.